The van der Waals surface area contributed by atoms with Crippen molar-refractivity contribution in [2.75, 3.05) is 26.1 Å². The largest absolute Gasteiger partial charge is 0.496 e. The smallest absolute Gasteiger partial charge is 0.255 e. The first-order valence-electron chi connectivity index (χ1n) is 8.81. The number of carbonyl (C=O) groups is 1. The molecule has 0 aromatic heterocycles. The monoisotopic (exact) mass is 355 g/mol. The topological polar surface area (TPSA) is 56.8 Å². The van der Waals surface area contributed by atoms with E-state index in [4.69, 9.17) is 14.2 Å². The summed E-state index contributed by atoms with van der Waals surface area (Å²) in [6.45, 7) is 3.27. The lowest BCUT2D eigenvalue weighted by Gasteiger charge is -2.13. The van der Waals surface area contributed by atoms with Crippen LogP contribution >= 0.6 is 0 Å². The molecule has 0 aliphatic heterocycles. The molecule has 138 valence electrons. The van der Waals surface area contributed by atoms with Crippen molar-refractivity contribution in [2.24, 2.45) is 5.92 Å². The van der Waals surface area contributed by atoms with Crippen LogP contribution in [0.5, 0.6) is 11.5 Å². The summed E-state index contributed by atoms with van der Waals surface area (Å²) in [5, 5.41) is 2.93. The molecule has 1 aliphatic rings. The van der Waals surface area contributed by atoms with Gasteiger partial charge >= 0.3 is 0 Å². The number of carbonyl (C=O) groups excluding carboxylic acids is 1. The van der Waals surface area contributed by atoms with Crippen LogP contribution in [-0.2, 0) is 11.3 Å². The van der Waals surface area contributed by atoms with Crippen molar-refractivity contribution in [2.45, 2.75) is 26.4 Å². The Balaban J connectivity index is 1.69. The second-order valence-corrected chi connectivity index (χ2v) is 6.62. The Hall–Kier alpha value is -2.53. The molecule has 2 aromatic rings. The average Bonchev–Trinajstić information content (AvgIpc) is 3.46. The van der Waals surface area contributed by atoms with Gasteiger partial charge in [0.2, 0.25) is 0 Å². The van der Waals surface area contributed by atoms with Crippen molar-refractivity contribution in [3.05, 3.63) is 53.1 Å². The maximum atomic E-state index is 12.6. The van der Waals surface area contributed by atoms with Crippen molar-refractivity contribution in [1.29, 1.82) is 0 Å². The second-order valence-electron chi connectivity index (χ2n) is 6.62. The maximum absolute atomic E-state index is 12.6. The van der Waals surface area contributed by atoms with Crippen molar-refractivity contribution >= 4 is 11.6 Å². The molecule has 5 nitrogen and oxygen atoms in total. The van der Waals surface area contributed by atoms with Gasteiger partial charge in [0.25, 0.3) is 5.91 Å². The Labute approximate surface area is 154 Å². The van der Waals surface area contributed by atoms with Crippen LogP contribution in [0, 0.1) is 12.8 Å². The molecule has 0 spiro atoms. The van der Waals surface area contributed by atoms with Gasteiger partial charge in [-0.25, -0.2) is 0 Å². The molecule has 1 amide bonds. The highest BCUT2D eigenvalue weighted by molar-refractivity contribution is 6.05. The van der Waals surface area contributed by atoms with Gasteiger partial charge in [-0.05, 0) is 55.5 Å². The molecule has 0 unspecified atom stereocenters. The Morgan fingerprint density at radius 1 is 1.12 bits per heavy atom. The first-order chi connectivity index (χ1) is 12.6. The van der Waals surface area contributed by atoms with Crippen LogP contribution in [0.15, 0.2) is 36.4 Å². The summed E-state index contributed by atoms with van der Waals surface area (Å²) in [5.41, 5.74) is 3.13. The van der Waals surface area contributed by atoms with E-state index in [0.717, 1.165) is 29.3 Å². The van der Waals surface area contributed by atoms with Gasteiger partial charge in [-0.1, -0.05) is 12.1 Å². The third kappa shape index (κ3) is 4.55. The summed E-state index contributed by atoms with van der Waals surface area (Å²) in [5.74, 6) is 1.77. The van der Waals surface area contributed by atoms with E-state index in [0.29, 0.717) is 23.7 Å². The molecule has 1 fully saturated rings. The number of hydrogen-bond acceptors (Lipinski definition) is 4. The summed E-state index contributed by atoms with van der Waals surface area (Å²) in [4.78, 5) is 12.6. The molecule has 0 saturated heterocycles. The molecule has 5 heteroatoms. The van der Waals surface area contributed by atoms with Gasteiger partial charge in [-0.15, -0.1) is 0 Å². The summed E-state index contributed by atoms with van der Waals surface area (Å²) in [6, 6.07) is 11.2. The minimum atomic E-state index is -0.211. The Kier molecular flexibility index (Phi) is 5.78. The van der Waals surface area contributed by atoms with E-state index in [1.807, 2.05) is 31.2 Å². The Bertz CT molecular complexity index is 758. The second kappa shape index (κ2) is 8.23. The van der Waals surface area contributed by atoms with Crippen LogP contribution in [0.25, 0.3) is 0 Å². The number of anilines is 1. The van der Waals surface area contributed by atoms with Crippen molar-refractivity contribution in [3.63, 3.8) is 0 Å². The summed E-state index contributed by atoms with van der Waals surface area (Å²) >= 11 is 0. The predicted molar refractivity (Wildman–Crippen MR) is 101 cm³/mol. The molecular weight excluding hydrogens is 330 g/mol. The van der Waals surface area contributed by atoms with Crippen LogP contribution in [0.4, 0.5) is 5.69 Å². The first-order valence-corrected chi connectivity index (χ1v) is 8.81. The molecule has 2 aromatic carbocycles. The quantitative estimate of drug-likeness (QED) is 0.771. The lowest BCUT2D eigenvalue weighted by atomic mass is 10.1. The van der Waals surface area contributed by atoms with E-state index in [-0.39, 0.29) is 5.91 Å². The van der Waals surface area contributed by atoms with Gasteiger partial charge in [-0.3, -0.25) is 4.79 Å². The van der Waals surface area contributed by atoms with E-state index < -0.39 is 0 Å². The summed E-state index contributed by atoms with van der Waals surface area (Å²) < 4.78 is 16.4. The highest BCUT2D eigenvalue weighted by Gasteiger charge is 2.21. The van der Waals surface area contributed by atoms with Gasteiger partial charge < -0.3 is 19.5 Å². The zero-order valence-corrected chi connectivity index (χ0v) is 15.5. The standard InChI is InChI=1S/C21H25NO4/c1-14-19(24-2)10-17(11-20(14)25-3)21(23)22-18-6-4-5-16(9-18)13-26-12-15-7-8-15/h4-6,9-11,15H,7-8,12-13H2,1-3H3,(H,22,23). The molecule has 26 heavy (non-hydrogen) atoms. The number of amides is 1. The fourth-order valence-electron chi connectivity index (χ4n) is 2.79. The van der Waals surface area contributed by atoms with E-state index in [1.165, 1.54) is 12.8 Å². The minimum Gasteiger partial charge on any atom is -0.496 e. The van der Waals surface area contributed by atoms with Crippen LogP contribution in [-0.4, -0.2) is 26.7 Å². The molecule has 0 heterocycles. The van der Waals surface area contributed by atoms with Gasteiger partial charge in [0.05, 0.1) is 20.8 Å². The fraction of sp³-hybridized carbons (Fsp3) is 0.381. The number of ether oxygens (including phenoxy) is 3. The van der Waals surface area contributed by atoms with E-state index in [2.05, 4.69) is 5.32 Å². The number of benzene rings is 2. The van der Waals surface area contributed by atoms with Crippen LogP contribution in [0.3, 0.4) is 0 Å². The molecule has 0 bridgehead atoms. The number of hydrogen-bond donors (Lipinski definition) is 1. The third-order valence-electron chi connectivity index (χ3n) is 4.52. The highest BCUT2D eigenvalue weighted by atomic mass is 16.5. The summed E-state index contributed by atoms with van der Waals surface area (Å²) in [7, 11) is 3.16. The molecule has 3 rings (SSSR count). The number of nitrogens with one attached hydrogen (secondary N) is 1. The van der Waals surface area contributed by atoms with Crippen LogP contribution in [0.1, 0.15) is 34.3 Å². The lowest BCUT2D eigenvalue weighted by Crippen LogP contribution is -2.13. The minimum absolute atomic E-state index is 0.211. The zero-order valence-electron chi connectivity index (χ0n) is 15.5. The Morgan fingerprint density at radius 3 is 2.42 bits per heavy atom. The van der Waals surface area contributed by atoms with Gasteiger partial charge in [0.1, 0.15) is 11.5 Å². The van der Waals surface area contributed by atoms with Crippen molar-refractivity contribution < 1.29 is 19.0 Å². The predicted octanol–water partition coefficient (Wildman–Crippen LogP) is 4.19. The lowest BCUT2D eigenvalue weighted by molar-refractivity contribution is 0.102. The number of methoxy groups -OCH3 is 2. The van der Waals surface area contributed by atoms with Crippen molar-refractivity contribution in [1.82, 2.24) is 0 Å². The highest BCUT2D eigenvalue weighted by Crippen LogP contribution is 2.30. The molecule has 1 saturated carbocycles. The van der Waals surface area contributed by atoms with Crippen LogP contribution in [0.2, 0.25) is 0 Å². The SMILES string of the molecule is COc1cc(C(=O)Nc2cccc(COCC3CC3)c2)cc(OC)c1C. The molecular formula is C21H25NO4. The first kappa shape index (κ1) is 18.3. The Morgan fingerprint density at radius 2 is 1.81 bits per heavy atom. The van der Waals surface area contributed by atoms with Crippen LogP contribution < -0.4 is 14.8 Å². The van der Waals surface area contributed by atoms with E-state index in [1.54, 1.807) is 26.4 Å². The van der Waals surface area contributed by atoms with Gasteiger partial charge in [0.15, 0.2) is 0 Å². The van der Waals surface area contributed by atoms with E-state index in [9.17, 15) is 4.79 Å². The number of rotatable bonds is 8. The zero-order chi connectivity index (χ0) is 18.5. The van der Waals surface area contributed by atoms with E-state index >= 15 is 0 Å². The molecule has 0 atom stereocenters. The normalized spacial score (nSPS) is 13.3. The molecule has 1 aliphatic carbocycles. The van der Waals surface area contributed by atoms with Gasteiger partial charge in [-0.2, -0.15) is 0 Å². The summed E-state index contributed by atoms with van der Waals surface area (Å²) in [6.07, 6.45) is 2.55. The fourth-order valence-corrected chi connectivity index (χ4v) is 2.79. The molecule has 0 radical (unpaired) electrons. The molecule has 1 N–H and O–H groups in total. The average molecular weight is 355 g/mol. The van der Waals surface area contributed by atoms with Gasteiger partial charge in [0, 0.05) is 23.4 Å². The maximum Gasteiger partial charge on any atom is 0.255 e. The third-order valence-corrected chi connectivity index (χ3v) is 4.52. The van der Waals surface area contributed by atoms with Crippen molar-refractivity contribution in [3.8, 4) is 11.5 Å².